The molecule has 0 aliphatic carbocycles. The van der Waals surface area contributed by atoms with Crippen LogP contribution in [0, 0.1) is 12.3 Å². The van der Waals surface area contributed by atoms with Crippen molar-refractivity contribution in [2.24, 2.45) is 12.5 Å². The number of carbonyl (C=O) groups excluding carboxylic acids is 4. The second-order valence-electron chi connectivity index (χ2n) is 19.5. The molecule has 6 aromatic rings. The number of fused-ring (bicyclic) bond motifs is 1. The van der Waals surface area contributed by atoms with Gasteiger partial charge in [0.25, 0.3) is 5.56 Å². The molecule has 4 amide bonds. The number of anilines is 2. The minimum absolute atomic E-state index is 0.0188. The molecule has 0 radical (unpaired) electrons. The fourth-order valence-electron chi connectivity index (χ4n) is 8.83. The van der Waals surface area contributed by atoms with Gasteiger partial charge in [0.1, 0.15) is 24.0 Å². The summed E-state index contributed by atoms with van der Waals surface area (Å²) in [6.07, 6.45) is 4.33. The lowest BCUT2D eigenvalue weighted by Crippen LogP contribution is -2.58. The van der Waals surface area contributed by atoms with Gasteiger partial charge in [-0.25, -0.2) is 9.97 Å². The molecule has 0 bridgehead atoms. The Morgan fingerprint density at radius 2 is 1.62 bits per heavy atom. The number of halogens is 2. The van der Waals surface area contributed by atoms with Crippen LogP contribution in [0.3, 0.4) is 0 Å². The summed E-state index contributed by atoms with van der Waals surface area (Å²) in [5.74, 6) is -0.101. The number of aromatic nitrogens is 4. The number of rotatable bonds is 22. The third kappa shape index (κ3) is 14.2. The maximum absolute atomic E-state index is 14.1. The Bertz CT molecular complexity index is 2980. The van der Waals surface area contributed by atoms with Gasteiger partial charge in [0, 0.05) is 55.8 Å². The summed E-state index contributed by atoms with van der Waals surface area (Å²) < 4.78 is 7.26. The first kappa shape index (κ1) is 55.3. The summed E-state index contributed by atoms with van der Waals surface area (Å²) in [6, 6.07) is 19.9. The summed E-state index contributed by atoms with van der Waals surface area (Å²) in [4.78, 5) is 82.3. The highest BCUT2D eigenvalue weighted by atomic mass is 35.5. The topological polar surface area (TPSA) is 222 Å². The van der Waals surface area contributed by atoms with Crippen molar-refractivity contribution in [3.8, 4) is 27.3 Å². The number of ether oxygens (including phenoxy) is 1. The quantitative estimate of drug-likeness (QED) is 0.0358. The molecule has 74 heavy (non-hydrogen) atoms. The van der Waals surface area contributed by atoms with Crippen LogP contribution in [0.25, 0.3) is 32.6 Å². The third-order valence-corrected chi connectivity index (χ3v) is 14.5. The number of amides is 4. The number of hydrogen-bond acceptors (Lipinski definition) is 13. The van der Waals surface area contributed by atoms with E-state index in [2.05, 4.69) is 41.5 Å². The highest BCUT2D eigenvalue weighted by Crippen LogP contribution is 2.34. The van der Waals surface area contributed by atoms with Gasteiger partial charge in [-0.1, -0.05) is 87.1 Å². The van der Waals surface area contributed by atoms with Crippen molar-refractivity contribution in [1.29, 1.82) is 0 Å². The third-order valence-electron chi connectivity index (χ3n) is 12.9. The molecule has 392 valence electrons. The zero-order chi connectivity index (χ0) is 53.1. The number of benzene rings is 3. The van der Waals surface area contributed by atoms with Gasteiger partial charge < -0.3 is 36.0 Å². The van der Waals surface area contributed by atoms with Crippen molar-refractivity contribution < 1.29 is 29.0 Å². The van der Waals surface area contributed by atoms with E-state index in [0.29, 0.717) is 75.5 Å². The lowest BCUT2D eigenvalue weighted by Gasteiger charge is -2.35. The molecule has 4 atom stereocenters. The molecule has 4 heterocycles. The fraction of sp³-hybridized carbons (Fsp3) is 0.407. The van der Waals surface area contributed by atoms with Crippen molar-refractivity contribution in [1.82, 2.24) is 45.7 Å². The van der Waals surface area contributed by atoms with Crippen LogP contribution in [-0.2, 0) is 26.2 Å². The zero-order valence-electron chi connectivity index (χ0n) is 42.5. The van der Waals surface area contributed by atoms with E-state index in [9.17, 15) is 29.1 Å². The van der Waals surface area contributed by atoms with E-state index in [1.807, 2.05) is 76.5 Å². The number of aryl methyl sites for hydroxylation is 2. The monoisotopic (exact) mass is 1070 g/mol. The molecule has 3 aromatic heterocycles. The highest BCUT2D eigenvalue weighted by molar-refractivity contribution is 7.13. The second-order valence-corrected chi connectivity index (χ2v) is 21.2. The number of aliphatic hydroxyl groups excluding tert-OH is 1. The Morgan fingerprint density at radius 3 is 2.31 bits per heavy atom. The predicted molar refractivity (Wildman–Crippen MR) is 291 cm³/mol. The number of unbranched alkanes of at least 4 members (excludes halogenated alkanes) is 3. The van der Waals surface area contributed by atoms with Gasteiger partial charge in [-0.3, -0.25) is 33.9 Å². The van der Waals surface area contributed by atoms with Crippen LogP contribution in [0.1, 0.15) is 83.5 Å². The van der Waals surface area contributed by atoms with E-state index in [1.165, 1.54) is 9.47 Å². The van der Waals surface area contributed by atoms with E-state index in [0.717, 1.165) is 41.0 Å². The van der Waals surface area contributed by atoms with Gasteiger partial charge in [0.15, 0.2) is 0 Å². The summed E-state index contributed by atoms with van der Waals surface area (Å²) >= 11 is 14.4. The molecular weight excluding hydrogens is 1000 g/mol. The molecule has 1 fully saturated rings. The first-order chi connectivity index (χ1) is 35.4. The van der Waals surface area contributed by atoms with Gasteiger partial charge >= 0.3 is 0 Å². The maximum Gasteiger partial charge on any atom is 0.259 e. The molecule has 3 aromatic carbocycles. The SMILES string of the molecule is Cc1ncsc1-c1ccc([C@H](C)NC(=O)[C@@H]2C[C@@H](O)CN2C(=O)[C@@H](NCC(=O)NCCCCCCC(=O)NCCOc2ccc(Nc3ncc4cc(-c5c(Cl)cccc5Cl)c(=O)n(C)c4n3)cc2)C(C)(C)C)cc1. The molecule has 0 saturated carbocycles. The Kier molecular flexibility index (Phi) is 18.8. The van der Waals surface area contributed by atoms with E-state index in [1.54, 1.807) is 61.0 Å². The number of pyridine rings is 1. The van der Waals surface area contributed by atoms with Crippen molar-refractivity contribution >= 4 is 80.8 Å². The number of carbonyl (C=O) groups is 4. The molecule has 6 N–H and O–H groups in total. The molecule has 1 aliphatic rings. The zero-order valence-corrected chi connectivity index (χ0v) is 44.8. The summed E-state index contributed by atoms with van der Waals surface area (Å²) in [5, 5.41) is 27.1. The summed E-state index contributed by atoms with van der Waals surface area (Å²) in [7, 11) is 1.63. The molecule has 1 aliphatic heterocycles. The Labute approximate surface area is 444 Å². The van der Waals surface area contributed by atoms with Gasteiger partial charge in [0.2, 0.25) is 29.6 Å². The first-order valence-corrected chi connectivity index (χ1v) is 26.4. The van der Waals surface area contributed by atoms with Crippen LogP contribution >= 0.6 is 34.5 Å². The average Bonchev–Trinajstić information content (AvgIpc) is 3.99. The van der Waals surface area contributed by atoms with E-state index in [4.69, 9.17) is 27.9 Å². The number of nitrogens with one attached hydrogen (secondary N) is 5. The molecule has 20 heteroatoms. The molecule has 0 unspecified atom stereocenters. The standard InChI is InChI=1S/C54H64Cl2N10O7S/c1-32(34-15-17-35(18-16-34)47-33(2)61-31-74-47)62-50(70)43-27-38(67)30-66(43)52(72)48(54(3,4)5)59-29-45(69)57-23-10-8-7-9-14-44(68)58-24-25-73-39-21-19-37(20-22-39)63-53-60-28-36-26-40(51(71)65(6)49(36)64-53)46-41(55)12-11-13-42(46)56/h11-13,15-22,26,28,31-32,38,43,48,59,67H,7-10,14,23-25,27,29-30H2,1-6H3,(H,57,69)(H,58,68)(H,62,70)(H,60,63,64)/t32-,38+,43-,48+/m0/s1. The number of hydrogen-bond donors (Lipinski definition) is 6. The summed E-state index contributed by atoms with van der Waals surface area (Å²) in [6.45, 7) is 10.5. The van der Waals surface area contributed by atoms with Gasteiger partial charge in [-0.2, -0.15) is 4.98 Å². The maximum atomic E-state index is 14.1. The van der Waals surface area contributed by atoms with Crippen LogP contribution in [-0.4, -0.2) is 104 Å². The number of aliphatic hydroxyl groups is 1. The Morgan fingerprint density at radius 1 is 0.919 bits per heavy atom. The average molecular weight is 1070 g/mol. The Balaban J connectivity index is 0.758. The van der Waals surface area contributed by atoms with Crippen molar-refractivity contribution in [3.05, 3.63) is 116 Å². The van der Waals surface area contributed by atoms with Gasteiger partial charge in [-0.05, 0) is 85.7 Å². The van der Waals surface area contributed by atoms with E-state index < -0.39 is 23.6 Å². The molecular formula is C54H64Cl2N10O7S. The summed E-state index contributed by atoms with van der Waals surface area (Å²) in [5.41, 5.74) is 5.79. The van der Waals surface area contributed by atoms with E-state index in [-0.39, 0.29) is 61.3 Å². The number of nitrogens with zero attached hydrogens (tertiary/aromatic N) is 5. The van der Waals surface area contributed by atoms with Crippen molar-refractivity contribution in [3.63, 3.8) is 0 Å². The lowest BCUT2D eigenvalue weighted by atomic mass is 9.85. The van der Waals surface area contributed by atoms with Crippen LogP contribution in [0.4, 0.5) is 11.6 Å². The smallest absolute Gasteiger partial charge is 0.259 e. The number of β-amino-alcohol motifs (C(OH)–C–C–N with tert-alkyl or cyclic N) is 1. The highest BCUT2D eigenvalue weighted by Gasteiger charge is 2.44. The predicted octanol–water partition coefficient (Wildman–Crippen LogP) is 7.88. The van der Waals surface area contributed by atoms with Crippen LogP contribution in [0.5, 0.6) is 5.75 Å². The first-order valence-electron chi connectivity index (χ1n) is 24.7. The van der Waals surface area contributed by atoms with Gasteiger partial charge in [0.05, 0.1) is 63.0 Å². The Hall–Kier alpha value is -6.44. The van der Waals surface area contributed by atoms with Gasteiger partial charge in [-0.15, -0.1) is 11.3 Å². The van der Waals surface area contributed by atoms with E-state index >= 15 is 0 Å². The largest absolute Gasteiger partial charge is 0.492 e. The molecule has 0 spiro atoms. The normalized spacial score (nSPS) is 15.4. The lowest BCUT2D eigenvalue weighted by molar-refractivity contribution is -0.142. The molecule has 1 saturated heterocycles. The fourth-order valence-corrected chi connectivity index (χ4v) is 10.2. The van der Waals surface area contributed by atoms with Crippen LogP contribution in [0.15, 0.2) is 89.3 Å². The minimum atomic E-state index is -0.860. The molecule has 17 nitrogen and oxygen atoms in total. The van der Waals surface area contributed by atoms with Crippen LogP contribution in [0.2, 0.25) is 10.0 Å². The second kappa shape index (κ2) is 25.2. The minimum Gasteiger partial charge on any atom is -0.492 e. The van der Waals surface area contributed by atoms with Crippen molar-refractivity contribution in [2.75, 3.05) is 38.1 Å². The molecule has 7 rings (SSSR count). The number of likely N-dealkylation sites (tertiary alicyclic amines) is 1. The number of thiazole rings is 1. The van der Waals surface area contributed by atoms with Crippen molar-refractivity contribution in [2.45, 2.75) is 97.4 Å². The van der Waals surface area contributed by atoms with Crippen LogP contribution < -0.4 is 36.9 Å².